The Labute approximate surface area is 166 Å². The zero-order chi connectivity index (χ0) is 19.3. The molecule has 0 radical (unpaired) electrons. The summed E-state index contributed by atoms with van der Waals surface area (Å²) in [4.78, 5) is 12.8. The second kappa shape index (κ2) is 8.33. The highest BCUT2D eigenvalue weighted by Crippen LogP contribution is 2.30. The van der Waals surface area contributed by atoms with E-state index in [-0.39, 0.29) is 11.9 Å². The summed E-state index contributed by atoms with van der Waals surface area (Å²) in [7, 11) is 1.60. The van der Waals surface area contributed by atoms with E-state index in [1.165, 1.54) is 11.3 Å². The maximum Gasteiger partial charge on any atom is 0.228 e. The normalized spacial score (nSPS) is 12.2. The zero-order valence-electron chi connectivity index (χ0n) is 15.4. The van der Waals surface area contributed by atoms with Gasteiger partial charge in [0.2, 0.25) is 11.0 Å². The Morgan fingerprint density at radius 1 is 1.11 bits per heavy atom. The average Bonchev–Trinajstić information content (AvgIpc) is 3.38. The van der Waals surface area contributed by atoms with Crippen molar-refractivity contribution in [3.63, 3.8) is 0 Å². The van der Waals surface area contributed by atoms with Crippen LogP contribution in [0.1, 0.15) is 23.0 Å². The number of methoxy groups -OCH3 is 1. The minimum Gasteiger partial charge on any atom is -0.377 e. The van der Waals surface area contributed by atoms with Gasteiger partial charge in [-0.15, -0.1) is 10.2 Å². The quantitative estimate of drug-likeness (QED) is 0.510. The molecule has 0 aliphatic heterocycles. The van der Waals surface area contributed by atoms with Gasteiger partial charge in [-0.2, -0.15) is 0 Å². The van der Waals surface area contributed by atoms with Crippen molar-refractivity contribution in [2.75, 3.05) is 12.4 Å². The zero-order valence-corrected chi connectivity index (χ0v) is 16.2. The fourth-order valence-electron chi connectivity index (χ4n) is 3.30. The number of carbonyl (C=O) groups is 1. The number of amides is 1. The number of aromatic nitrogens is 3. The Kier molecular flexibility index (Phi) is 5.45. The van der Waals surface area contributed by atoms with Crippen molar-refractivity contribution in [3.05, 3.63) is 77.6 Å². The lowest BCUT2D eigenvalue weighted by molar-refractivity contribution is -0.116. The maximum absolute atomic E-state index is 12.8. The number of hydrogen-bond acceptors (Lipinski definition) is 5. The molecule has 28 heavy (non-hydrogen) atoms. The lowest BCUT2D eigenvalue weighted by Gasteiger charge is -2.21. The Hall–Kier alpha value is -3.03. The Morgan fingerprint density at radius 2 is 1.89 bits per heavy atom. The first kappa shape index (κ1) is 18.3. The van der Waals surface area contributed by atoms with Crippen LogP contribution in [-0.4, -0.2) is 27.8 Å². The number of fused-ring (bicyclic) bond motifs is 1. The van der Waals surface area contributed by atoms with Gasteiger partial charge >= 0.3 is 0 Å². The molecule has 6 nitrogen and oxygen atoms in total. The average molecular weight is 392 g/mol. The van der Waals surface area contributed by atoms with Gasteiger partial charge in [0, 0.05) is 19.5 Å². The van der Waals surface area contributed by atoms with Crippen molar-refractivity contribution in [1.82, 2.24) is 14.8 Å². The molecule has 1 atom stereocenters. The highest BCUT2D eigenvalue weighted by atomic mass is 32.1. The standard InChI is InChI=1S/C21H20N4O2S/c1-27-14-20-23-24-21(28-20)22-19(26)13-18(25-11-4-5-12-25)17-10-6-8-15-7-2-3-9-16(15)17/h2-12,18H,13-14H2,1H3,(H,22,24,26)/t18-/m1/s1. The second-order valence-electron chi connectivity index (χ2n) is 6.40. The summed E-state index contributed by atoms with van der Waals surface area (Å²) >= 11 is 1.32. The summed E-state index contributed by atoms with van der Waals surface area (Å²) in [6.07, 6.45) is 4.27. The second-order valence-corrected chi connectivity index (χ2v) is 7.46. The lowest BCUT2D eigenvalue weighted by Crippen LogP contribution is -2.19. The molecular weight excluding hydrogens is 372 g/mol. The van der Waals surface area contributed by atoms with E-state index >= 15 is 0 Å². The number of hydrogen-bond donors (Lipinski definition) is 1. The van der Waals surface area contributed by atoms with Crippen LogP contribution in [0.25, 0.3) is 10.8 Å². The molecule has 4 rings (SSSR count). The molecule has 0 saturated carbocycles. The highest BCUT2D eigenvalue weighted by molar-refractivity contribution is 7.15. The molecular formula is C21H20N4O2S. The largest absolute Gasteiger partial charge is 0.377 e. The van der Waals surface area contributed by atoms with E-state index in [0.29, 0.717) is 18.2 Å². The molecule has 0 spiro atoms. The third-order valence-corrected chi connectivity index (χ3v) is 5.34. The summed E-state index contributed by atoms with van der Waals surface area (Å²) in [5, 5.41) is 14.4. The van der Waals surface area contributed by atoms with Crippen LogP contribution in [0.4, 0.5) is 5.13 Å². The van der Waals surface area contributed by atoms with Crippen LogP contribution in [0.15, 0.2) is 67.0 Å². The molecule has 1 N–H and O–H groups in total. The fraction of sp³-hybridized carbons (Fsp3) is 0.190. The Bertz CT molecular complexity index is 1070. The Balaban J connectivity index is 1.61. The van der Waals surface area contributed by atoms with E-state index in [4.69, 9.17) is 4.74 Å². The smallest absolute Gasteiger partial charge is 0.228 e. The predicted octanol–water partition coefficient (Wildman–Crippen LogP) is 4.26. The van der Waals surface area contributed by atoms with E-state index in [2.05, 4.69) is 44.3 Å². The number of carbonyl (C=O) groups excluding carboxylic acids is 1. The van der Waals surface area contributed by atoms with E-state index in [1.807, 2.05) is 42.7 Å². The monoisotopic (exact) mass is 392 g/mol. The van der Waals surface area contributed by atoms with E-state index in [1.54, 1.807) is 7.11 Å². The van der Waals surface area contributed by atoms with Crippen molar-refractivity contribution in [2.45, 2.75) is 19.1 Å². The minimum atomic E-state index is -0.118. The lowest BCUT2D eigenvalue weighted by atomic mass is 9.96. The molecule has 0 bridgehead atoms. The van der Waals surface area contributed by atoms with Crippen LogP contribution in [0.3, 0.4) is 0 Å². The van der Waals surface area contributed by atoms with Crippen molar-refractivity contribution < 1.29 is 9.53 Å². The van der Waals surface area contributed by atoms with Gasteiger partial charge in [0.05, 0.1) is 12.5 Å². The molecule has 7 heteroatoms. The summed E-state index contributed by atoms with van der Waals surface area (Å²) in [6, 6.07) is 18.3. The summed E-state index contributed by atoms with van der Waals surface area (Å²) in [5.41, 5.74) is 1.11. The summed E-state index contributed by atoms with van der Waals surface area (Å²) < 4.78 is 7.12. The van der Waals surface area contributed by atoms with Crippen LogP contribution in [-0.2, 0) is 16.1 Å². The molecule has 142 valence electrons. The molecule has 2 aromatic carbocycles. The number of nitrogens with zero attached hydrogens (tertiary/aromatic N) is 3. The van der Waals surface area contributed by atoms with Crippen molar-refractivity contribution >= 4 is 33.1 Å². The molecule has 0 aliphatic carbocycles. The maximum atomic E-state index is 12.8. The van der Waals surface area contributed by atoms with Gasteiger partial charge < -0.3 is 14.6 Å². The molecule has 2 heterocycles. The first-order valence-electron chi connectivity index (χ1n) is 8.96. The van der Waals surface area contributed by atoms with Gasteiger partial charge in [0.25, 0.3) is 0 Å². The number of anilines is 1. The number of benzene rings is 2. The highest BCUT2D eigenvalue weighted by Gasteiger charge is 2.20. The van der Waals surface area contributed by atoms with Gasteiger partial charge in [-0.25, -0.2) is 0 Å². The number of nitrogens with one attached hydrogen (secondary N) is 1. The first-order valence-corrected chi connectivity index (χ1v) is 9.77. The molecule has 0 fully saturated rings. The number of rotatable bonds is 7. The summed E-state index contributed by atoms with van der Waals surface area (Å²) in [5.74, 6) is -0.105. The van der Waals surface area contributed by atoms with Crippen molar-refractivity contribution in [1.29, 1.82) is 0 Å². The third kappa shape index (κ3) is 3.95. The topological polar surface area (TPSA) is 69.0 Å². The minimum absolute atomic E-state index is 0.105. The van der Waals surface area contributed by atoms with Crippen LogP contribution < -0.4 is 5.32 Å². The molecule has 2 aromatic heterocycles. The van der Waals surface area contributed by atoms with Crippen molar-refractivity contribution in [2.24, 2.45) is 0 Å². The Morgan fingerprint density at radius 3 is 2.71 bits per heavy atom. The van der Waals surface area contributed by atoms with Crippen LogP contribution in [0.5, 0.6) is 0 Å². The van der Waals surface area contributed by atoms with E-state index in [9.17, 15) is 4.79 Å². The molecule has 0 unspecified atom stereocenters. The van der Waals surface area contributed by atoms with E-state index < -0.39 is 0 Å². The van der Waals surface area contributed by atoms with Gasteiger partial charge in [-0.3, -0.25) is 4.79 Å². The fourth-order valence-corrected chi connectivity index (χ4v) is 4.03. The van der Waals surface area contributed by atoms with Gasteiger partial charge in [-0.1, -0.05) is 53.8 Å². The molecule has 4 aromatic rings. The summed E-state index contributed by atoms with van der Waals surface area (Å²) in [6.45, 7) is 0.384. The number of ether oxygens (including phenoxy) is 1. The van der Waals surface area contributed by atoms with Crippen LogP contribution >= 0.6 is 11.3 Å². The van der Waals surface area contributed by atoms with Gasteiger partial charge in [-0.05, 0) is 28.5 Å². The van der Waals surface area contributed by atoms with Crippen LogP contribution in [0, 0.1) is 0 Å². The van der Waals surface area contributed by atoms with Gasteiger partial charge in [0.1, 0.15) is 11.6 Å². The molecule has 0 aliphatic rings. The first-order chi connectivity index (χ1) is 13.7. The van der Waals surface area contributed by atoms with Crippen molar-refractivity contribution in [3.8, 4) is 0 Å². The van der Waals surface area contributed by atoms with E-state index in [0.717, 1.165) is 21.3 Å². The van der Waals surface area contributed by atoms with Crippen LogP contribution in [0.2, 0.25) is 0 Å². The SMILES string of the molecule is COCc1nnc(NC(=O)C[C@H](c2cccc3ccccc23)n2cccc2)s1. The third-order valence-electron chi connectivity index (χ3n) is 4.53. The molecule has 1 amide bonds. The van der Waals surface area contributed by atoms with Gasteiger partial charge in [0.15, 0.2) is 0 Å². The predicted molar refractivity (Wildman–Crippen MR) is 110 cm³/mol. The molecule has 0 saturated heterocycles.